The first kappa shape index (κ1) is 22.9. The molecule has 3 rings (SSSR count). The zero-order valence-electron chi connectivity index (χ0n) is 17.6. The third kappa shape index (κ3) is 4.75. The molecule has 11 heteroatoms. The molecule has 0 saturated heterocycles. The Bertz CT molecular complexity index is 1210. The molecule has 0 aliphatic rings. The van der Waals surface area contributed by atoms with Gasteiger partial charge in [-0.15, -0.1) is 0 Å². The summed E-state index contributed by atoms with van der Waals surface area (Å²) in [5.41, 5.74) is 2.43. The molecule has 1 heterocycles. The van der Waals surface area contributed by atoms with Crippen molar-refractivity contribution in [2.75, 3.05) is 7.05 Å². The van der Waals surface area contributed by atoms with E-state index in [0.717, 1.165) is 5.56 Å². The van der Waals surface area contributed by atoms with E-state index >= 15 is 0 Å². The molecule has 0 unspecified atom stereocenters. The van der Waals surface area contributed by atoms with E-state index in [1.807, 2.05) is 0 Å². The SMILES string of the molecule is Cc1nn(Cc2ccc(C(=O)N(C)Cc3cc([N+](=O)[O-])ccc3Cl)cc2)c(C)c1[N+](=O)[O-]. The second-order valence-corrected chi connectivity index (χ2v) is 7.73. The monoisotopic (exact) mass is 457 g/mol. The van der Waals surface area contributed by atoms with Crippen LogP contribution >= 0.6 is 11.6 Å². The van der Waals surface area contributed by atoms with Crippen LogP contribution in [0.2, 0.25) is 5.02 Å². The molecule has 166 valence electrons. The van der Waals surface area contributed by atoms with Crippen LogP contribution in [0.1, 0.15) is 32.9 Å². The fourth-order valence-electron chi connectivity index (χ4n) is 3.37. The van der Waals surface area contributed by atoms with Crippen molar-refractivity contribution < 1.29 is 14.6 Å². The summed E-state index contributed by atoms with van der Waals surface area (Å²) in [4.78, 5) is 35.4. The lowest BCUT2D eigenvalue weighted by Crippen LogP contribution is -2.26. The Kier molecular flexibility index (Phi) is 6.54. The largest absolute Gasteiger partial charge is 0.337 e. The van der Waals surface area contributed by atoms with Crippen LogP contribution in [0, 0.1) is 34.1 Å². The van der Waals surface area contributed by atoms with Crippen LogP contribution in [-0.2, 0) is 13.1 Å². The molecule has 0 radical (unpaired) electrons. The molecular weight excluding hydrogens is 438 g/mol. The number of halogens is 1. The zero-order valence-corrected chi connectivity index (χ0v) is 18.4. The van der Waals surface area contributed by atoms with Crippen LogP contribution in [-0.4, -0.2) is 37.5 Å². The van der Waals surface area contributed by atoms with E-state index in [1.165, 1.54) is 23.1 Å². The molecule has 0 saturated carbocycles. The maximum absolute atomic E-state index is 12.8. The van der Waals surface area contributed by atoms with Crippen molar-refractivity contribution >= 4 is 28.9 Å². The van der Waals surface area contributed by atoms with Gasteiger partial charge in [0.2, 0.25) is 0 Å². The topological polar surface area (TPSA) is 124 Å². The molecule has 0 bridgehead atoms. The number of benzene rings is 2. The molecule has 0 aliphatic heterocycles. The first-order chi connectivity index (χ1) is 15.1. The summed E-state index contributed by atoms with van der Waals surface area (Å²) in [5.74, 6) is -0.277. The second-order valence-electron chi connectivity index (χ2n) is 7.33. The number of hydrogen-bond acceptors (Lipinski definition) is 6. The van der Waals surface area contributed by atoms with Gasteiger partial charge in [0.25, 0.3) is 11.6 Å². The highest BCUT2D eigenvalue weighted by Crippen LogP contribution is 2.24. The van der Waals surface area contributed by atoms with Crippen molar-refractivity contribution in [2.45, 2.75) is 26.9 Å². The van der Waals surface area contributed by atoms with E-state index in [4.69, 9.17) is 11.6 Å². The molecule has 0 fully saturated rings. The summed E-state index contributed by atoms with van der Waals surface area (Å²) in [7, 11) is 1.58. The number of nitro groups is 2. The fraction of sp³-hybridized carbons (Fsp3) is 0.238. The van der Waals surface area contributed by atoms with Gasteiger partial charge >= 0.3 is 5.69 Å². The van der Waals surface area contributed by atoms with E-state index in [2.05, 4.69) is 5.10 Å². The van der Waals surface area contributed by atoms with Crippen molar-refractivity contribution in [3.63, 3.8) is 0 Å². The number of non-ortho nitro benzene ring substituents is 1. The van der Waals surface area contributed by atoms with Crippen LogP contribution < -0.4 is 0 Å². The number of nitro benzene ring substituents is 1. The molecule has 0 N–H and O–H groups in total. The number of amides is 1. The molecule has 1 aromatic heterocycles. The van der Waals surface area contributed by atoms with Gasteiger partial charge in [0.15, 0.2) is 0 Å². The Morgan fingerprint density at radius 3 is 2.31 bits per heavy atom. The third-order valence-electron chi connectivity index (χ3n) is 5.05. The second kappa shape index (κ2) is 9.15. The van der Waals surface area contributed by atoms with Crippen molar-refractivity contribution in [1.29, 1.82) is 0 Å². The van der Waals surface area contributed by atoms with Gasteiger partial charge in [0.1, 0.15) is 11.4 Å². The summed E-state index contributed by atoms with van der Waals surface area (Å²) in [5, 5.41) is 26.7. The summed E-state index contributed by atoms with van der Waals surface area (Å²) in [6.45, 7) is 3.67. The summed E-state index contributed by atoms with van der Waals surface area (Å²) in [6, 6.07) is 10.9. The average Bonchev–Trinajstić information content (AvgIpc) is 3.02. The molecular formula is C21H20ClN5O5. The van der Waals surface area contributed by atoms with Gasteiger partial charge in [-0.05, 0) is 43.2 Å². The molecule has 10 nitrogen and oxygen atoms in total. The van der Waals surface area contributed by atoms with Gasteiger partial charge < -0.3 is 4.90 Å². The van der Waals surface area contributed by atoms with Crippen molar-refractivity contribution in [3.8, 4) is 0 Å². The Morgan fingerprint density at radius 1 is 1.09 bits per heavy atom. The maximum Gasteiger partial charge on any atom is 0.312 e. The van der Waals surface area contributed by atoms with Gasteiger partial charge in [-0.25, -0.2) is 0 Å². The number of aryl methyl sites for hydroxylation is 1. The number of carbonyl (C=O) groups excluding carboxylic acids is 1. The minimum atomic E-state index is -0.516. The van der Waals surface area contributed by atoms with Gasteiger partial charge in [-0.2, -0.15) is 5.10 Å². The lowest BCUT2D eigenvalue weighted by Gasteiger charge is -2.18. The Hall–Kier alpha value is -3.79. The molecule has 1 amide bonds. The molecule has 32 heavy (non-hydrogen) atoms. The Balaban J connectivity index is 1.73. The lowest BCUT2D eigenvalue weighted by atomic mass is 10.1. The predicted molar refractivity (Wildman–Crippen MR) is 118 cm³/mol. The van der Waals surface area contributed by atoms with Crippen LogP contribution in [0.15, 0.2) is 42.5 Å². The number of nitrogens with zero attached hydrogens (tertiary/aromatic N) is 5. The summed E-state index contributed by atoms with van der Waals surface area (Å²) in [6.07, 6.45) is 0. The zero-order chi connectivity index (χ0) is 23.6. The summed E-state index contributed by atoms with van der Waals surface area (Å²) >= 11 is 6.13. The van der Waals surface area contributed by atoms with Crippen LogP contribution in [0.3, 0.4) is 0 Å². The van der Waals surface area contributed by atoms with Gasteiger partial charge in [0, 0.05) is 36.3 Å². The molecule has 0 spiro atoms. The number of aromatic nitrogens is 2. The van der Waals surface area contributed by atoms with Crippen LogP contribution in [0.5, 0.6) is 0 Å². The van der Waals surface area contributed by atoms with Gasteiger partial charge in [-0.3, -0.25) is 29.7 Å². The van der Waals surface area contributed by atoms with Crippen molar-refractivity contribution in [3.05, 3.63) is 95.8 Å². The standard InChI is InChI=1S/C21H20ClN5O5/c1-13-20(27(31)32)14(2)25(23-13)11-15-4-6-16(7-5-15)21(28)24(3)12-17-10-18(26(29)30)8-9-19(17)22/h4-10H,11-12H2,1-3H3. The Morgan fingerprint density at radius 2 is 1.75 bits per heavy atom. The van der Waals surface area contributed by atoms with E-state index < -0.39 is 9.85 Å². The minimum Gasteiger partial charge on any atom is -0.337 e. The first-order valence-electron chi connectivity index (χ1n) is 9.54. The van der Waals surface area contributed by atoms with Gasteiger partial charge in [-0.1, -0.05) is 23.7 Å². The number of rotatable bonds is 7. The van der Waals surface area contributed by atoms with E-state index in [1.54, 1.807) is 49.8 Å². The Labute approximate surface area is 188 Å². The molecule has 0 atom stereocenters. The average molecular weight is 458 g/mol. The highest BCUT2D eigenvalue weighted by atomic mass is 35.5. The molecule has 2 aromatic carbocycles. The highest BCUT2D eigenvalue weighted by Gasteiger charge is 2.22. The normalized spacial score (nSPS) is 10.8. The predicted octanol–water partition coefficient (Wildman–Crippen LogP) is 4.29. The van der Waals surface area contributed by atoms with E-state index in [0.29, 0.717) is 34.1 Å². The van der Waals surface area contributed by atoms with E-state index in [9.17, 15) is 25.0 Å². The summed E-state index contributed by atoms with van der Waals surface area (Å²) < 4.78 is 1.56. The fourth-order valence-corrected chi connectivity index (χ4v) is 3.55. The van der Waals surface area contributed by atoms with Crippen LogP contribution in [0.4, 0.5) is 11.4 Å². The third-order valence-corrected chi connectivity index (χ3v) is 5.42. The molecule has 0 aliphatic carbocycles. The van der Waals surface area contributed by atoms with E-state index in [-0.39, 0.29) is 23.8 Å². The molecule has 3 aromatic rings. The van der Waals surface area contributed by atoms with Crippen molar-refractivity contribution in [2.24, 2.45) is 0 Å². The number of carbonyl (C=O) groups is 1. The lowest BCUT2D eigenvalue weighted by molar-refractivity contribution is -0.386. The van der Waals surface area contributed by atoms with Gasteiger partial charge in [0.05, 0.1) is 16.4 Å². The minimum absolute atomic E-state index is 0.00164. The maximum atomic E-state index is 12.8. The first-order valence-corrected chi connectivity index (χ1v) is 9.92. The smallest absolute Gasteiger partial charge is 0.312 e. The van der Waals surface area contributed by atoms with Crippen LogP contribution in [0.25, 0.3) is 0 Å². The highest BCUT2D eigenvalue weighted by molar-refractivity contribution is 6.31. The quantitative estimate of drug-likeness (QED) is 0.385. The number of hydrogen-bond donors (Lipinski definition) is 0. The van der Waals surface area contributed by atoms with Crippen molar-refractivity contribution in [1.82, 2.24) is 14.7 Å².